The van der Waals surface area contributed by atoms with Crippen molar-refractivity contribution >= 4 is 55.0 Å². The SMILES string of the molecule is Cc1cccc(C)c1NS(=O)(=O)c1ccc(NC(=O)CSCc2cccc(Br)c2)cc1. The molecule has 0 aliphatic rings. The van der Waals surface area contributed by atoms with E-state index >= 15 is 0 Å². The number of hydrogen-bond donors (Lipinski definition) is 2. The van der Waals surface area contributed by atoms with Crippen LogP contribution in [0.4, 0.5) is 11.4 Å². The molecule has 0 aliphatic carbocycles. The second-order valence-corrected chi connectivity index (χ2v) is 10.7. The summed E-state index contributed by atoms with van der Waals surface area (Å²) in [5.74, 6) is 0.901. The highest BCUT2D eigenvalue weighted by Gasteiger charge is 2.16. The standard InChI is InChI=1S/C23H23BrN2O3S2/c1-16-5-3-6-17(2)23(16)26-31(28,29)21-11-9-20(10-12-21)25-22(27)15-30-14-18-7-4-8-19(24)13-18/h3-13,26H,14-15H2,1-2H3,(H,25,27). The number of benzene rings is 3. The molecule has 5 nitrogen and oxygen atoms in total. The van der Waals surface area contributed by atoms with Crippen molar-refractivity contribution < 1.29 is 13.2 Å². The Morgan fingerprint density at radius 2 is 1.61 bits per heavy atom. The molecular formula is C23H23BrN2O3S2. The molecular weight excluding hydrogens is 496 g/mol. The fraction of sp³-hybridized carbons (Fsp3) is 0.174. The molecule has 0 bridgehead atoms. The van der Waals surface area contributed by atoms with Gasteiger partial charge in [-0.1, -0.05) is 46.3 Å². The van der Waals surface area contributed by atoms with E-state index in [1.165, 1.54) is 23.9 Å². The van der Waals surface area contributed by atoms with Gasteiger partial charge in [0.25, 0.3) is 10.0 Å². The van der Waals surface area contributed by atoms with Crippen LogP contribution in [-0.2, 0) is 20.6 Å². The Kier molecular flexibility index (Phi) is 7.80. The number of aryl methyl sites for hydroxylation is 2. The van der Waals surface area contributed by atoms with Gasteiger partial charge in [0, 0.05) is 15.9 Å². The third-order valence-corrected chi connectivity index (χ3v) is 7.42. The number of amides is 1. The number of para-hydroxylation sites is 1. The molecule has 0 spiro atoms. The van der Waals surface area contributed by atoms with Gasteiger partial charge < -0.3 is 5.32 Å². The van der Waals surface area contributed by atoms with Crippen molar-refractivity contribution in [3.05, 3.63) is 87.9 Å². The predicted octanol–water partition coefficient (Wildman–Crippen LogP) is 5.74. The summed E-state index contributed by atoms with van der Waals surface area (Å²) in [7, 11) is -3.72. The van der Waals surface area contributed by atoms with Crippen LogP contribution >= 0.6 is 27.7 Å². The van der Waals surface area contributed by atoms with Crippen LogP contribution in [0.1, 0.15) is 16.7 Å². The quantitative estimate of drug-likeness (QED) is 0.398. The summed E-state index contributed by atoms with van der Waals surface area (Å²) in [6.07, 6.45) is 0. The lowest BCUT2D eigenvalue weighted by atomic mass is 10.1. The fourth-order valence-electron chi connectivity index (χ4n) is 2.97. The number of halogens is 1. The summed E-state index contributed by atoms with van der Waals surface area (Å²) in [5.41, 5.74) is 3.99. The Bertz CT molecular complexity index is 1160. The number of anilines is 2. The lowest BCUT2D eigenvalue weighted by Crippen LogP contribution is -2.16. The fourth-order valence-corrected chi connectivity index (χ4v) is 5.40. The van der Waals surface area contributed by atoms with Crippen LogP contribution in [0.15, 0.2) is 76.1 Å². The maximum atomic E-state index is 12.7. The molecule has 0 fully saturated rings. The second kappa shape index (κ2) is 10.3. The summed E-state index contributed by atoms with van der Waals surface area (Å²) in [6.45, 7) is 3.72. The number of rotatable bonds is 8. The van der Waals surface area contributed by atoms with Gasteiger partial charge in [0.05, 0.1) is 16.3 Å². The first-order chi connectivity index (χ1) is 14.7. The molecule has 1 amide bonds. The Hall–Kier alpha value is -2.29. The van der Waals surface area contributed by atoms with Crippen LogP contribution in [0.5, 0.6) is 0 Å². The zero-order valence-corrected chi connectivity index (χ0v) is 20.4. The maximum absolute atomic E-state index is 12.7. The average Bonchev–Trinajstić information content (AvgIpc) is 2.71. The molecule has 0 radical (unpaired) electrons. The third-order valence-electron chi connectivity index (χ3n) is 4.56. The van der Waals surface area contributed by atoms with Gasteiger partial charge >= 0.3 is 0 Å². The van der Waals surface area contributed by atoms with Crippen LogP contribution in [0.25, 0.3) is 0 Å². The average molecular weight is 519 g/mol. The first-order valence-electron chi connectivity index (χ1n) is 9.56. The lowest BCUT2D eigenvalue weighted by Gasteiger charge is -2.13. The number of carbonyl (C=O) groups excluding carboxylic acids is 1. The molecule has 3 aromatic rings. The van der Waals surface area contributed by atoms with E-state index in [-0.39, 0.29) is 10.8 Å². The molecule has 3 rings (SSSR count). The van der Waals surface area contributed by atoms with Gasteiger partial charge in [0.15, 0.2) is 0 Å². The van der Waals surface area contributed by atoms with Gasteiger partial charge in [0.1, 0.15) is 0 Å². The zero-order valence-electron chi connectivity index (χ0n) is 17.2. The number of nitrogens with one attached hydrogen (secondary N) is 2. The minimum Gasteiger partial charge on any atom is -0.325 e. The van der Waals surface area contributed by atoms with E-state index in [1.807, 2.05) is 56.3 Å². The molecule has 0 saturated heterocycles. The first-order valence-corrected chi connectivity index (χ1v) is 13.0. The van der Waals surface area contributed by atoms with E-state index in [9.17, 15) is 13.2 Å². The normalized spacial score (nSPS) is 11.2. The molecule has 0 aromatic heterocycles. The van der Waals surface area contributed by atoms with Gasteiger partial charge in [-0.15, -0.1) is 11.8 Å². The van der Waals surface area contributed by atoms with E-state index in [0.29, 0.717) is 17.1 Å². The van der Waals surface area contributed by atoms with E-state index in [1.54, 1.807) is 12.1 Å². The molecule has 162 valence electrons. The van der Waals surface area contributed by atoms with Gasteiger partial charge in [-0.05, 0) is 66.9 Å². The summed E-state index contributed by atoms with van der Waals surface area (Å²) >= 11 is 4.95. The van der Waals surface area contributed by atoms with Crippen LogP contribution in [-0.4, -0.2) is 20.1 Å². The molecule has 3 aromatic carbocycles. The molecule has 2 N–H and O–H groups in total. The van der Waals surface area contributed by atoms with Crippen molar-refractivity contribution in [3.63, 3.8) is 0 Å². The van der Waals surface area contributed by atoms with E-state index < -0.39 is 10.0 Å². The lowest BCUT2D eigenvalue weighted by molar-refractivity contribution is -0.113. The van der Waals surface area contributed by atoms with Crippen LogP contribution in [0.3, 0.4) is 0 Å². The highest BCUT2D eigenvalue weighted by atomic mass is 79.9. The molecule has 31 heavy (non-hydrogen) atoms. The minimum absolute atomic E-state index is 0.135. The molecule has 0 aliphatic heterocycles. The first kappa shape index (κ1) is 23.4. The smallest absolute Gasteiger partial charge is 0.261 e. The van der Waals surface area contributed by atoms with E-state index in [4.69, 9.17) is 0 Å². The number of sulfonamides is 1. The van der Waals surface area contributed by atoms with Crippen molar-refractivity contribution in [3.8, 4) is 0 Å². The Balaban J connectivity index is 1.57. The van der Waals surface area contributed by atoms with Gasteiger partial charge in [-0.2, -0.15) is 0 Å². The van der Waals surface area contributed by atoms with Crippen LogP contribution in [0.2, 0.25) is 0 Å². The summed E-state index contributed by atoms with van der Waals surface area (Å²) < 4.78 is 29.1. The molecule has 0 atom stereocenters. The number of hydrogen-bond acceptors (Lipinski definition) is 4. The Labute approximate surface area is 195 Å². The summed E-state index contributed by atoms with van der Waals surface area (Å²) in [4.78, 5) is 12.3. The van der Waals surface area contributed by atoms with Crippen molar-refractivity contribution in [1.82, 2.24) is 0 Å². The van der Waals surface area contributed by atoms with Crippen molar-refractivity contribution in [2.24, 2.45) is 0 Å². The Morgan fingerprint density at radius 3 is 2.26 bits per heavy atom. The van der Waals surface area contributed by atoms with Crippen LogP contribution in [0, 0.1) is 13.8 Å². The monoisotopic (exact) mass is 518 g/mol. The Morgan fingerprint density at radius 1 is 0.968 bits per heavy atom. The van der Waals surface area contributed by atoms with Crippen molar-refractivity contribution in [2.75, 3.05) is 15.8 Å². The van der Waals surface area contributed by atoms with E-state index in [2.05, 4.69) is 26.0 Å². The largest absolute Gasteiger partial charge is 0.325 e. The number of thioether (sulfide) groups is 1. The van der Waals surface area contributed by atoms with Gasteiger partial charge in [-0.3, -0.25) is 9.52 Å². The summed E-state index contributed by atoms with van der Waals surface area (Å²) in [5, 5.41) is 2.80. The summed E-state index contributed by atoms with van der Waals surface area (Å²) in [6, 6.07) is 19.7. The molecule has 0 saturated carbocycles. The topological polar surface area (TPSA) is 75.3 Å². The predicted molar refractivity (Wildman–Crippen MR) is 132 cm³/mol. The van der Waals surface area contributed by atoms with Crippen LogP contribution < -0.4 is 10.0 Å². The van der Waals surface area contributed by atoms with Crippen molar-refractivity contribution in [2.45, 2.75) is 24.5 Å². The molecule has 8 heteroatoms. The number of carbonyl (C=O) groups is 1. The second-order valence-electron chi connectivity index (χ2n) is 7.07. The maximum Gasteiger partial charge on any atom is 0.261 e. The molecule has 0 unspecified atom stereocenters. The highest BCUT2D eigenvalue weighted by molar-refractivity contribution is 9.10. The highest BCUT2D eigenvalue weighted by Crippen LogP contribution is 2.24. The van der Waals surface area contributed by atoms with Gasteiger partial charge in [0.2, 0.25) is 5.91 Å². The van der Waals surface area contributed by atoms with Gasteiger partial charge in [-0.25, -0.2) is 8.42 Å². The third kappa shape index (κ3) is 6.59. The zero-order chi connectivity index (χ0) is 22.4. The molecule has 0 heterocycles. The van der Waals surface area contributed by atoms with Crippen molar-refractivity contribution in [1.29, 1.82) is 0 Å². The minimum atomic E-state index is -3.72. The van der Waals surface area contributed by atoms with E-state index in [0.717, 1.165) is 26.9 Å².